The molecule has 0 nitrogen and oxygen atoms in total. The fraction of sp³-hybridized carbons (Fsp3) is 0.342. The number of hydrogen-bond donors (Lipinski definition) is 0. The molecule has 0 fully saturated rings. The minimum absolute atomic E-state index is 0.0282. The van der Waals surface area contributed by atoms with E-state index in [9.17, 15) is 0 Å². The highest BCUT2D eigenvalue weighted by atomic mass is 31.1. The third kappa shape index (κ3) is 7.58. The summed E-state index contributed by atoms with van der Waals surface area (Å²) in [4.78, 5) is 0. The Kier molecular flexibility index (Phi) is 10.2. The molecule has 5 atom stereocenters. The molecule has 1 heterocycles. The Bertz CT molecular complexity index is 1260. The Labute approximate surface area is 237 Å². The van der Waals surface area contributed by atoms with Gasteiger partial charge in [-0.05, 0) is 72.1 Å². The Morgan fingerprint density at radius 2 is 1.15 bits per heavy atom. The summed E-state index contributed by atoms with van der Waals surface area (Å²) in [6.45, 7) is 2.38. The highest BCUT2D eigenvalue weighted by Crippen LogP contribution is 2.47. The van der Waals surface area contributed by atoms with Crippen molar-refractivity contribution >= 4 is 13.3 Å². The summed E-state index contributed by atoms with van der Waals surface area (Å²) in [5.41, 5.74) is 6.00. The smallest absolute Gasteiger partial charge is 0.0648 e. The van der Waals surface area contributed by atoms with Crippen LogP contribution in [0.25, 0.3) is 0 Å². The molecule has 200 valence electrons. The number of benzene rings is 4. The van der Waals surface area contributed by atoms with Crippen molar-refractivity contribution in [2.45, 2.75) is 63.2 Å². The maximum atomic E-state index is 2.71. The van der Waals surface area contributed by atoms with Gasteiger partial charge in [0.1, 0.15) is 12.3 Å². The Morgan fingerprint density at radius 1 is 0.615 bits per heavy atom. The molecule has 1 heteroatoms. The molecular weight excluding hydrogens is 487 g/mol. The lowest BCUT2D eigenvalue weighted by Gasteiger charge is -2.36. The van der Waals surface area contributed by atoms with Crippen LogP contribution in [0.4, 0.5) is 0 Å². The normalized spacial score (nSPS) is 17.5. The molecule has 0 saturated heterocycles. The molecule has 0 spiro atoms. The zero-order chi connectivity index (χ0) is 26.7. The topological polar surface area (TPSA) is 0 Å². The quantitative estimate of drug-likeness (QED) is 0.160. The molecule has 0 bridgehead atoms. The molecule has 0 amide bonds. The Morgan fingerprint density at radius 3 is 1.69 bits per heavy atom. The van der Waals surface area contributed by atoms with Crippen molar-refractivity contribution in [1.29, 1.82) is 0 Å². The lowest BCUT2D eigenvalue weighted by Crippen LogP contribution is -2.27. The van der Waals surface area contributed by atoms with Crippen LogP contribution in [0.15, 0.2) is 121 Å². The van der Waals surface area contributed by atoms with Gasteiger partial charge in [0.15, 0.2) is 0 Å². The molecule has 1 aliphatic rings. The fourth-order valence-electron chi connectivity index (χ4n) is 6.71. The van der Waals surface area contributed by atoms with Gasteiger partial charge in [-0.25, -0.2) is 0 Å². The van der Waals surface area contributed by atoms with Crippen molar-refractivity contribution in [3.63, 3.8) is 0 Å². The van der Waals surface area contributed by atoms with Crippen LogP contribution in [0.1, 0.15) is 79.0 Å². The molecule has 0 N–H and O–H groups in total. The Balaban J connectivity index is 1.61. The van der Waals surface area contributed by atoms with E-state index in [2.05, 4.69) is 134 Å². The van der Waals surface area contributed by atoms with Gasteiger partial charge in [0.2, 0.25) is 0 Å². The fourth-order valence-corrected chi connectivity index (χ4v) is 9.39. The van der Waals surface area contributed by atoms with E-state index in [1.807, 2.05) is 0 Å². The first kappa shape index (κ1) is 27.6. The monoisotopic (exact) mass is 531 g/mol. The summed E-state index contributed by atoms with van der Waals surface area (Å²) in [6.07, 6.45) is 10.3. The first-order valence-electron chi connectivity index (χ1n) is 15.1. The molecular formula is C38H44P+. The van der Waals surface area contributed by atoms with Gasteiger partial charge >= 0.3 is 0 Å². The minimum Gasteiger partial charge on any atom is -0.0648 e. The van der Waals surface area contributed by atoms with Crippen molar-refractivity contribution in [2.24, 2.45) is 5.92 Å². The molecule has 0 aromatic heterocycles. The van der Waals surface area contributed by atoms with Gasteiger partial charge in [0.25, 0.3) is 0 Å². The van der Waals surface area contributed by atoms with E-state index in [1.54, 1.807) is 0 Å². The molecule has 0 radical (unpaired) electrons. The second-order valence-electron chi connectivity index (χ2n) is 11.3. The summed E-state index contributed by atoms with van der Waals surface area (Å²) in [5, 5.41) is 0. The molecule has 4 aromatic carbocycles. The van der Waals surface area contributed by atoms with Gasteiger partial charge in [0, 0.05) is 12.3 Å². The maximum Gasteiger partial charge on any atom is 0.113 e. The van der Waals surface area contributed by atoms with Crippen LogP contribution in [0, 0.1) is 5.92 Å². The van der Waals surface area contributed by atoms with Gasteiger partial charge in [-0.1, -0.05) is 128 Å². The minimum atomic E-state index is -0.0282. The van der Waals surface area contributed by atoms with Crippen LogP contribution in [0.3, 0.4) is 0 Å². The van der Waals surface area contributed by atoms with E-state index in [-0.39, 0.29) is 7.55 Å². The van der Waals surface area contributed by atoms with E-state index in [1.165, 1.54) is 66.7 Å². The highest BCUT2D eigenvalue weighted by Gasteiger charge is 2.36. The van der Waals surface area contributed by atoms with Crippen LogP contribution in [-0.4, -0.2) is 18.1 Å². The average Bonchev–Trinajstić information content (AvgIpc) is 3.02. The van der Waals surface area contributed by atoms with Gasteiger partial charge in [-0.3, -0.25) is 0 Å². The van der Waals surface area contributed by atoms with E-state index >= 15 is 0 Å². The summed E-state index contributed by atoms with van der Waals surface area (Å²) in [7, 11) is -0.0282. The maximum absolute atomic E-state index is 2.71. The predicted molar refractivity (Wildman–Crippen MR) is 173 cm³/mol. The number of rotatable bonds is 12. The van der Waals surface area contributed by atoms with Crippen LogP contribution >= 0.6 is 7.55 Å². The van der Waals surface area contributed by atoms with Gasteiger partial charge in [-0.2, -0.15) is 0 Å². The van der Waals surface area contributed by atoms with Crippen molar-refractivity contribution in [2.75, 3.05) is 12.3 Å². The van der Waals surface area contributed by atoms with Crippen LogP contribution in [-0.2, 0) is 6.42 Å². The lowest BCUT2D eigenvalue weighted by atomic mass is 9.69. The third-order valence-corrected chi connectivity index (χ3v) is 11.4. The summed E-state index contributed by atoms with van der Waals surface area (Å²) in [5.74, 6) is 4.84. The molecule has 4 aromatic rings. The first-order chi connectivity index (χ1) is 19.3. The average molecular weight is 532 g/mol. The third-order valence-electron chi connectivity index (χ3n) is 8.82. The molecule has 5 rings (SSSR count). The molecule has 0 aliphatic carbocycles. The van der Waals surface area contributed by atoms with Crippen molar-refractivity contribution in [1.82, 2.24) is 0 Å². The predicted octanol–water partition coefficient (Wildman–Crippen LogP) is 10.5. The molecule has 1 aliphatic heterocycles. The van der Waals surface area contributed by atoms with Gasteiger partial charge in [-0.15, -0.1) is 0 Å². The zero-order valence-electron chi connectivity index (χ0n) is 23.5. The first-order valence-corrected chi connectivity index (χ1v) is 16.9. The van der Waals surface area contributed by atoms with Crippen molar-refractivity contribution in [3.8, 4) is 0 Å². The van der Waals surface area contributed by atoms with E-state index < -0.39 is 0 Å². The van der Waals surface area contributed by atoms with Crippen molar-refractivity contribution in [3.05, 3.63) is 144 Å². The lowest BCUT2D eigenvalue weighted by molar-refractivity contribution is 0.329. The number of hydrogen-bond acceptors (Lipinski definition) is 0. The van der Waals surface area contributed by atoms with E-state index in [4.69, 9.17) is 0 Å². The van der Waals surface area contributed by atoms with Crippen molar-refractivity contribution < 1.29 is 0 Å². The zero-order valence-corrected chi connectivity index (χ0v) is 24.4. The highest BCUT2D eigenvalue weighted by molar-refractivity contribution is 7.57. The van der Waals surface area contributed by atoms with E-state index in [0.29, 0.717) is 23.7 Å². The molecule has 5 unspecified atom stereocenters. The SMILES string of the molecule is CCC(CC(c1ccccc1)C(Cc1ccccc1)C(C[P+]1=CCCCC1)c1ccccc1)c1ccccc1. The van der Waals surface area contributed by atoms with E-state index in [0.717, 1.165) is 6.42 Å². The second kappa shape index (κ2) is 14.4. The standard InChI is InChI=1S/C38H44P/c1-2-32(33-20-10-4-11-21-33)29-36(34-22-12-5-13-23-34)37(28-31-18-8-3-9-19-31)38(35-24-14-6-15-25-35)30-39-26-16-7-17-27-39/h3-6,8-15,18-26,32,36-38H,2,7,16-17,27-30H2,1H3/q+1. The second-order valence-corrected chi connectivity index (χ2v) is 13.7. The van der Waals surface area contributed by atoms with Crippen LogP contribution < -0.4 is 0 Å². The Hall–Kier alpha value is -2.95. The van der Waals surface area contributed by atoms with Gasteiger partial charge in [0.05, 0.1) is 13.3 Å². The van der Waals surface area contributed by atoms with Gasteiger partial charge < -0.3 is 0 Å². The summed E-state index contributed by atoms with van der Waals surface area (Å²) >= 11 is 0. The summed E-state index contributed by atoms with van der Waals surface area (Å²) in [6, 6.07) is 45.6. The molecule has 0 saturated carbocycles. The largest absolute Gasteiger partial charge is 0.113 e. The summed E-state index contributed by atoms with van der Waals surface area (Å²) < 4.78 is 0. The van der Waals surface area contributed by atoms with Crippen LogP contribution in [0.2, 0.25) is 0 Å². The van der Waals surface area contributed by atoms with Crippen LogP contribution in [0.5, 0.6) is 0 Å². The molecule has 39 heavy (non-hydrogen) atoms.